The second-order valence-corrected chi connectivity index (χ2v) is 10.9. The van der Waals surface area contributed by atoms with Gasteiger partial charge in [-0.1, -0.05) is 72.2 Å². The van der Waals surface area contributed by atoms with Gasteiger partial charge in [0.2, 0.25) is 0 Å². The number of carbonyl (C=O) groups excluding carboxylic acids is 1. The number of amides is 1. The summed E-state index contributed by atoms with van der Waals surface area (Å²) in [5.41, 5.74) is 9.82. The summed E-state index contributed by atoms with van der Waals surface area (Å²) < 4.78 is 11.3. The van der Waals surface area contributed by atoms with Crippen molar-refractivity contribution in [2.24, 2.45) is 0 Å². The van der Waals surface area contributed by atoms with E-state index in [2.05, 4.69) is 47.7 Å². The molecule has 0 bridgehead atoms. The van der Waals surface area contributed by atoms with Gasteiger partial charge in [0.25, 0.3) is 0 Å². The molecule has 37 heavy (non-hydrogen) atoms. The smallest absolute Gasteiger partial charge is 0.412 e. The number of carbonyl (C=O) groups is 1. The molecule has 4 aromatic rings. The number of nitrogens with one attached hydrogen (secondary N) is 1. The molecule has 6 heteroatoms. The van der Waals surface area contributed by atoms with Crippen LogP contribution in [0.3, 0.4) is 0 Å². The summed E-state index contributed by atoms with van der Waals surface area (Å²) in [6.45, 7) is 5.94. The molecule has 0 radical (unpaired) electrons. The summed E-state index contributed by atoms with van der Waals surface area (Å²) in [6.07, 6.45) is 3.44. The third-order valence-corrected chi connectivity index (χ3v) is 8.18. The van der Waals surface area contributed by atoms with Crippen molar-refractivity contribution in [3.05, 3.63) is 93.6 Å². The molecule has 1 N–H and O–H groups in total. The Kier molecular flexibility index (Phi) is 5.84. The van der Waals surface area contributed by atoms with Crippen LogP contribution >= 0.6 is 11.6 Å². The van der Waals surface area contributed by atoms with Crippen molar-refractivity contribution >= 4 is 23.4 Å². The zero-order valence-electron chi connectivity index (χ0n) is 21.2. The van der Waals surface area contributed by atoms with Gasteiger partial charge >= 0.3 is 6.09 Å². The van der Waals surface area contributed by atoms with E-state index >= 15 is 0 Å². The van der Waals surface area contributed by atoms with E-state index in [9.17, 15) is 4.79 Å². The van der Waals surface area contributed by atoms with Crippen LogP contribution in [0.5, 0.6) is 0 Å². The highest BCUT2D eigenvalue weighted by atomic mass is 35.5. The Morgan fingerprint density at radius 3 is 2.49 bits per heavy atom. The molecular formula is C31H29ClN2O3. The van der Waals surface area contributed by atoms with Crippen molar-refractivity contribution < 1.29 is 14.1 Å². The summed E-state index contributed by atoms with van der Waals surface area (Å²) in [7, 11) is 0. The van der Waals surface area contributed by atoms with Crippen LogP contribution in [0.2, 0.25) is 5.02 Å². The molecule has 0 aliphatic heterocycles. The maximum absolute atomic E-state index is 12.8. The lowest BCUT2D eigenvalue weighted by Gasteiger charge is -2.22. The van der Waals surface area contributed by atoms with Crippen LogP contribution in [0.25, 0.3) is 22.5 Å². The topological polar surface area (TPSA) is 64.4 Å². The Balaban J connectivity index is 1.24. The number of aryl methyl sites for hydroxylation is 3. The summed E-state index contributed by atoms with van der Waals surface area (Å²) in [4.78, 5) is 12.8. The number of anilines is 1. The minimum atomic E-state index is -0.591. The van der Waals surface area contributed by atoms with E-state index in [4.69, 9.17) is 20.9 Å². The maximum Gasteiger partial charge on any atom is 0.412 e. The molecular weight excluding hydrogens is 484 g/mol. The van der Waals surface area contributed by atoms with Crippen LogP contribution in [-0.2, 0) is 23.0 Å². The van der Waals surface area contributed by atoms with E-state index in [-0.39, 0.29) is 0 Å². The third-order valence-electron chi connectivity index (χ3n) is 7.84. The predicted molar refractivity (Wildman–Crippen MR) is 146 cm³/mol. The lowest BCUT2D eigenvalue weighted by atomic mass is 9.82. The lowest BCUT2D eigenvalue weighted by Crippen LogP contribution is -2.17. The summed E-state index contributed by atoms with van der Waals surface area (Å²) in [5.74, 6) is 0.519. The number of hydrogen-bond acceptors (Lipinski definition) is 4. The first-order chi connectivity index (χ1) is 17.8. The fraction of sp³-hybridized carbons (Fsp3) is 0.290. The lowest BCUT2D eigenvalue weighted by molar-refractivity contribution is 0.121. The summed E-state index contributed by atoms with van der Waals surface area (Å²) in [5, 5.41) is 7.51. The first-order valence-electron chi connectivity index (χ1n) is 12.8. The molecule has 2 aliphatic rings. The normalized spacial score (nSPS) is 15.9. The molecule has 2 aliphatic carbocycles. The summed E-state index contributed by atoms with van der Waals surface area (Å²) >= 11 is 6.26. The van der Waals surface area contributed by atoms with E-state index in [1.165, 1.54) is 40.7 Å². The van der Waals surface area contributed by atoms with Gasteiger partial charge in [0.05, 0.1) is 0 Å². The van der Waals surface area contributed by atoms with Crippen molar-refractivity contribution in [1.82, 2.24) is 5.16 Å². The molecule has 0 spiro atoms. The minimum Gasteiger partial charge on any atom is -0.441 e. The zero-order chi connectivity index (χ0) is 25.7. The second kappa shape index (κ2) is 9.07. The van der Waals surface area contributed by atoms with Crippen molar-refractivity contribution in [2.45, 2.75) is 58.0 Å². The van der Waals surface area contributed by atoms with Gasteiger partial charge in [-0.3, -0.25) is 5.32 Å². The van der Waals surface area contributed by atoms with Gasteiger partial charge < -0.3 is 9.26 Å². The largest absolute Gasteiger partial charge is 0.441 e. The highest BCUT2D eigenvalue weighted by molar-refractivity contribution is 6.31. The third kappa shape index (κ3) is 4.42. The maximum atomic E-state index is 12.8. The first-order valence-corrected chi connectivity index (χ1v) is 13.2. The standard InChI is InChI=1S/C31H29ClN2O3/c1-18-28(33-30(35)36-19(2)24-6-4-5-7-27(24)32)29(37-34-18)22-10-12-25-20(16-22)8-9-21-17-23(11-13-26(21)25)31(3)14-15-31/h4-7,10-13,16-17,19H,8-9,14-15H2,1-3H3,(H,33,35)/t19-/m1/s1. The van der Waals surface area contributed by atoms with Crippen molar-refractivity contribution in [3.8, 4) is 22.5 Å². The van der Waals surface area contributed by atoms with E-state index in [1.54, 1.807) is 19.9 Å². The van der Waals surface area contributed by atoms with E-state index < -0.39 is 12.2 Å². The van der Waals surface area contributed by atoms with Crippen LogP contribution in [0, 0.1) is 6.92 Å². The number of benzene rings is 3. The highest BCUT2D eigenvalue weighted by Gasteiger charge is 2.39. The van der Waals surface area contributed by atoms with Gasteiger partial charge in [0.15, 0.2) is 5.76 Å². The molecule has 1 aromatic heterocycles. The Morgan fingerprint density at radius 1 is 1.05 bits per heavy atom. The van der Waals surface area contributed by atoms with Gasteiger partial charge in [-0.15, -0.1) is 0 Å². The SMILES string of the molecule is Cc1noc(-c2ccc3c(c2)CCc2cc(C4(C)CC4)ccc2-3)c1NC(=O)O[C@H](C)c1ccccc1Cl. The highest BCUT2D eigenvalue weighted by Crippen LogP contribution is 2.49. The fourth-order valence-corrected chi connectivity index (χ4v) is 5.55. The van der Waals surface area contributed by atoms with Gasteiger partial charge in [0.1, 0.15) is 17.5 Å². The number of aromatic nitrogens is 1. The number of fused-ring (bicyclic) bond motifs is 3. The number of nitrogens with zero attached hydrogens (tertiary/aromatic N) is 1. The number of hydrogen-bond donors (Lipinski definition) is 1. The quantitative estimate of drug-likeness (QED) is 0.291. The van der Waals surface area contributed by atoms with Gasteiger partial charge in [-0.05, 0) is 84.9 Å². The molecule has 1 amide bonds. The molecule has 1 atom stereocenters. The number of halogens is 1. The molecule has 1 fully saturated rings. The van der Waals surface area contributed by atoms with E-state index in [0.29, 0.717) is 27.6 Å². The Labute approximate surface area is 221 Å². The molecule has 1 heterocycles. The minimum absolute atomic E-state index is 0.374. The van der Waals surface area contributed by atoms with Crippen LogP contribution < -0.4 is 5.32 Å². The van der Waals surface area contributed by atoms with Crippen LogP contribution in [0.4, 0.5) is 10.5 Å². The van der Waals surface area contributed by atoms with Crippen molar-refractivity contribution in [3.63, 3.8) is 0 Å². The van der Waals surface area contributed by atoms with Crippen molar-refractivity contribution in [2.75, 3.05) is 5.32 Å². The average molecular weight is 513 g/mol. The average Bonchev–Trinajstić information content (AvgIpc) is 3.56. The van der Waals surface area contributed by atoms with Crippen molar-refractivity contribution in [1.29, 1.82) is 0 Å². The Bertz CT molecular complexity index is 1520. The Morgan fingerprint density at radius 2 is 1.76 bits per heavy atom. The predicted octanol–water partition coefficient (Wildman–Crippen LogP) is 8.43. The molecule has 188 valence electrons. The zero-order valence-corrected chi connectivity index (χ0v) is 22.0. The van der Waals surface area contributed by atoms with E-state index in [1.807, 2.05) is 24.3 Å². The molecule has 6 rings (SSSR count). The monoisotopic (exact) mass is 512 g/mol. The summed E-state index contributed by atoms with van der Waals surface area (Å²) in [6, 6.07) is 20.7. The van der Waals surface area contributed by atoms with Gasteiger partial charge in [0, 0.05) is 16.1 Å². The molecule has 5 nitrogen and oxygen atoms in total. The van der Waals surface area contributed by atoms with Gasteiger partial charge in [-0.2, -0.15) is 0 Å². The van der Waals surface area contributed by atoms with Gasteiger partial charge in [-0.25, -0.2) is 4.79 Å². The number of ether oxygens (including phenoxy) is 1. The molecule has 3 aromatic carbocycles. The number of rotatable bonds is 5. The van der Waals surface area contributed by atoms with Crippen LogP contribution in [0.15, 0.2) is 65.2 Å². The second-order valence-electron chi connectivity index (χ2n) is 10.5. The van der Waals surface area contributed by atoms with Crippen LogP contribution in [0.1, 0.15) is 60.7 Å². The van der Waals surface area contributed by atoms with E-state index in [0.717, 1.165) is 24.0 Å². The fourth-order valence-electron chi connectivity index (χ4n) is 5.26. The van der Waals surface area contributed by atoms with Crippen LogP contribution in [-0.4, -0.2) is 11.2 Å². The molecule has 0 unspecified atom stereocenters. The first kappa shape index (κ1) is 23.8. The molecule has 0 saturated heterocycles. The Hall–Kier alpha value is -3.57. The molecule has 1 saturated carbocycles.